The summed E-state index contributed by atoms with van der Waals surface area (Å²) < 4.78 is 0. The summed E-state index contributed by atoms with van der Waals surface area (Å²) in [5.74, 6) is 0.395. The van der Waals surface area contributed by atoms with Crippen LogP contribution in [0.1, 0.15) is 24.3 Å². The van der Waals surface area contributed by atoms with Crippen molar-refractivity contribution in [3.8, 4) is 11.1 Å². The number of carbonyl (C=O) groups is 1. The van der Waals surface area contributed by atoms with Crippen LogP contribution in [0.4, 0.5) is 10.5 Å². The molecule has 1 saturated heterocycles. The van der Waals surface area contributed by atoms with E-state index in [1.54, 1.807) is 0 Å². The Hall–Kier alpha value is -2.33. The molecule has 3 rings (SSSR count). The predicted molar refractivity (Wildman–Crippen MR) is 88.4 cm³/mol. The zero-order valence-electron chi connectivity index (χ0n) is 12.4. The van der Waals surface area contributed by atoms with Gasteiger partial charge in [0.05, 0.1) is 5.69 Å². The summed E-state index contributed by atoms with van der Waals surface area (Å²) in [7, 11) is 0. The van der Waals surface area contributed by atoms with Crippen molar-refractivity contribution in [3.63, 3.8) is 0 Å². The third kappa shape index (κ3) is 3.12. The van der Waals surface area contributed by atoms with Gasteiger partial charge in [-0.3, -0.25) is 5.32 Å². The molecule has 1 aliphatic heterocycles. The van der Waals surface area contributed by atoms with Gasteiger partial charge in [0, 0.05) is 5.56 Å². The molecule has 0 aliphatic carbocycles. The average Bonchev–Trinajstić information content (AvgIpc) is 2.56. The van der Waals surface area contributed by atoms with E-state index in [2.05, 4.69) is 10.6 Å². The summed E-state index contributed by atoms with van der Waals surface area (Å²) in [6, 6.07) is 16.0. The molecule has 0 spiro atoms. The summed E-state index contributed by atoms with van der Waals surface area (Å²) >= 11 is 0. The van der Waals surface area contributed by atoms with Gasteiger partial charge in [-0.25, -0.2) is 4.79 Å². The third-order valence-electron chi connectivity index (χ3n) is 4.19. The Kier molecular flexibility index (Phi) is 4.39. The van der Waals surface area contributed by atoms with E-state index in [1.165, 1.54) is 0 Å². The lowest BCUT2D eigenvalue weighted by Gasteiger charge is -2.26. The number of piperidine rings is 1. The Morgan fingerprint density at radius 1 is 1.05 bits per heavy atom. The van der Waals surface area contributed by atoms with Gasteiger partial charge in [0.15, 0.2) is 0 Å². The van der Waals surface area contributed by atoms with Crippen LogP contribution >= 0.6 is 0 Å². The second-order valence-electron chi connectivity index (χ2n) is 5.59. The second-order valence-corrected chi connectivity index (χ2v) is 5.59. The highest BCUT2D eigenvalue weighted by atomic mass is 16.4. The van der Waals surface area contributed by atoms with Crippen molar-refractivity contribution in [2.45, 2.75) is 18.8 Å². The molecule has 4 heteroatoms. The number of benzene rings is 2. The molecule has 0 radical (unpaired) electrons. The third-order valence-corrected chi connectivity index (χ3v) is 4.19. The minimum atomic E-state index is -1.02. The summed E-state index contributed by atoms with van der Waals surface area (Å²) in [4.78, 5) is 11.3. The van der Waals surface area contributed by atoms with Crippen molar-refractivity contribution >= 4 is 11.8 Å². The number of nitrogens with one attached hydrogen (secondary N) is 2. The summed E-state index contributed by atoms with van der Waals surface area (Å²) in [6.45, 7) is 1.96. The van der Waals surface area contributed by atoms with E-state index in [0.29, 0.717) is 5.92 Å². The fourth-order valence-electron chi connectivity index (χ4n) is 3.15. The smallest absolute Gasteiger partial charge is 0.409 e. The highest BCUT2D eigenvalue weighted by Crippen LogP contribution is 2.37. The highest BCUT2D eigenvalue weighted by molar-refractivity contribution is 5.92. The minimum absolute atomic E-state index is 0.395. The number of amides is 1. The lowest BCUT2D eigenvalue weighted by Crippen LogP contribution is -2.27. The van der Waals surface area contributed by atoms with Crippen LogP contribution in [0.5, 0.6) is 0 Å². The molecule has 3 N–H and O–H groups in total. The maximum absolute atomic E-state index is 11.3. The Labute approximate surface area is 130 Å². The van der Waals surface area contributed by atoms with Gasteiger partial charge in [-0.05, 0) is 43.0 Å². The van der Waals surface area contributed by atoms with Crippen LogP contribution in [-0.4, -0.2) is 24.3 Å². The van der Waals surface area contributed by atoms with Crippen LogP contribution in [-0.2, 0) is 0 Å². The summed E-state index contributed by atoms with van der Waals surface area (Å²) in [6.07, 6.45) is 1.05. The molecule has 0 bridgehead atoms. The standard InChI is InChI=1S/C18H20N2O2/c21-18(22)20-17-15(13-5-2-1-3-6-13)7-4-8-16(17)14-9-11-19-12-10-14/h1-8,14,19-20H,9-12H2,(H,21,22). The lowest BCUT2D eigenvalue weighted by atomic mass is 9.86. The maximum Gasteiger partial charge on any atom is 0.409 e. The average molecular weight is 296 g/mol. The monoisotopic (exact) mass is 296 g/mol. The van der Waals surface area contributed by atoms with E-state index < -0.39 is 6.09 Å². The van der Waals surface area contributed by atoms with Gasteiger partial charge in [0.2, 0.25) is 0 Å². The molecule has 1 heterocycles. The van der Waals surface area contributed by atoms with Gasteiger partial charge < -0.3 is 10.4 Å². The zero-order chi connectivity index (χ0) is 15.4. The fourth-order valence-corrected chi connectivity index (χ4v) is 3.15. The van der Waals surface area contributed by atoms with Gasteiger partial charge in [-0.2, -0.15) is 0 Å². The molecule has 1 aliphatic rings. The van der Waals surface area contributed by atoms with Gasteiger partial charge >= 0.3 is 6.09 Å². The molecule has 2 aromatic rings. The van der Waals surface area contributed by atoms with Gasteiger partial charge in [-0.1, -0.05) is 48.5 Å². The molecule has 1 fully saturated rings. The first-order chi connectivity index (χ1) is 10.8. The SMILES string of the molecule is O=C(O)Nc1c(-c2ccccc2)cccc1C1CCNCC1. The number of carboxylic acid groups (broad SMARTS) is 1. The van der Waals surface area contributed by atoms with E-state index in [0.717, 1.165) is 48.3 Å². The van der Waals surface area contributed by atoms with Crippen LogP contribution in [0.3, 0.4) is 0 Å². The summed E-state index contributed by atoms with van der Waals surface area (Å²) in [5.41, 5.74) is 3.81. The Balaban J connectivity index is 2.07. The largest absolute Gasteiger partial charge is 0.465 e. The molecule has 0 atom stereocenters. The Morgan fingerprint density at radius 3 is 2.45 bits per heavy atom. The van der Waals surface area contributed by atoms with Crippen LogP contribution in [0, 0.1) is 0 Å². The normalized spacial score (nSPS) is 15.5. The number of hydrogen-bond acceptors (Lipinski definition) is 2. The van der Waals surface area contributed by atoms with Gasteiger partial charge in [0.1, 0.15) is 0 Å². The Bertz CT molecular complexity index is 649. The van der Waals surface area contributed by atoms with Crippen LogP contribution in [0.15, 0.2) is 48.5 Å². The molecule has 0 unspecified atom stereocenters. The number of rotatable bonds is 3. The predicted octanol–water partition coefficient (Wildman–Crippen LogP) is 3.91. The van der Waals surface area contributed by atoms with E-state index in [4.69, 9.17) is 0 Å². The first-order valence-corrected chi connectivity index (χ1v) is 7.64. The molecule has 22 heavy (non-hydrogen) atoms. The van der Waals surface area contributed by atoms with E-state index in [1.807, 2.05) is 48.5 Å². The van der Waals surface area contributed by atoms with Crippen molar-refractivity contribution in [2.75, 3.05) is 18.4 Å². The van der Waals surface area contributed by atoms with Crippen molar-refractivity contribution < 1.29 is 9.90 Å². The van der Waals surface area contributed by atoms with Crippen molar-refractivity contribution in [3.05, 3.63) is 54.1 Å². The second kappa shape index (κ2) is 6.62. The maximum atomic E-state index is 11.3. The molecule has 1 amide bonds. The number of hydrogen-bond donors (Lipinski definition) is 3. The Morgan fingerprint density at radius 2 is 1.77 bits per heavy atom. The molecular formula is C18H20N2O2. The zero-order valence-corrected chi connectivity index (χ0v) is 12.4. The molecule has 2 aromatic carbocycles. The van der Waals surface area contributed by atoms with Crippen molar-refractivity contribution in [2.24, 2.45) is 0 Å². The van der Waals surface area contributed by atoms with Crippen LogP contribution in [0.25, 0.3) is 11.1 Å². The molecule has 0 aromatic heterocycles. The van der Waals surface area contributed by atoms with E-state index in [-0.39, 0.29) is 0 Å². The minimum Gasteiger partial charge on any atom is -0.465 e. The highest BCUT2D eigenvalue weighted by Gasteiger charge is 2.21. The molecular weight excluding hydrogens is 276 g/mol. The quantitative estimate of drug-likeness (QED) is 0.804. The van der Waals surface area contributed by atoms with Crippen LogP contribution < -0.4 is 10.6 Å². The number of para-hydroxylation sites is 1. The molecule has 114 valence electrons. The van der Waals surface area contributed by atoms with Crippen molar-refractivity contribution in [1.29, 1.82) is 0 Å². The van der Waals surface area contributed by atoms with Gasteiger partial charge in [0.25, 0.3) is 0 Å². The topological polar surface area (TPSA) is 61.4 Å². The van der Waals surface area contributed by atoms with Crippen molar-refractivity contribution in [1.82, 2.24) is 5.32 Å². The van der Waals surface area contributed by atoms with Gasteiger partial charge in [-0.15, -0.1) is 0 Å². The first-order valence-electron chi connectivity index (χ1n) is 7.64. The molecule has 4 nitrogen and oxygen atoms in total. The fraction of sp³-hybridized carbons (Fsp3) is 0.278. The lowest BCUT2D eigenvalue weighted by molar-refractivity contribution is 0.209. The first kappa shape index (κ1) is 14.6. The summed E-state index contributed by atoms with van der Waals surface area (Å²) in [5, 5.41) is 15.2. The number of anilines is 1. The van der Waals surface area contributed by atoms with E-state index in [9.17, 15) is 9.90 Å². The van der Waals surface area contributed by atoms with Crippen LogP contribution in [0.2, 0.25) is 0 Å². The molecule has 0 saturated carbocycles. The van der Waals surface area contributed by atoms with E-state index >= 15 is 0 Å².